The Hall–Kier alpha value is -1.77. The molecule has 0 aliphatic heterocycles. The van der Waals surface area contributed by atoms with E-state index in [2.05, 4.69) is 5.32 Å². The normalized spacial score (nSPS) is 10.5. The van der Waals surface area contributed by atoms with E-state index in [-0.39, 0.29) is 5.82 Å². The fourth-order valence-corrected chi connectivity index (χ4v) is 1.67. The predicted octanol–water partition coefficient (Wildman–Crippen LogP) is 3.90. The standard InChI is InChI=1S/C14H16FNO/c1-3-12-6-7-13(17-12)9-16-14-8-11(15)5-4-10(14)2/h4-8,16H,3,9H2,1-2H3. The second kappa shape index (κ2) is 5.04. The summed E-state index contributed by atoms with van der Waals surface area (Å²) in [7, 11) is 0. The molecule has 2 rings (SSSR count). The van der Waals surface area contributed by atoms with Crippen molar-refractivity contribution in [1.29, 1.82) is 0 Å². The average molecular weight is 233 g/mol. The molecule has 90 valence electrons. The quantitative estimate of drug-likeness (QED) is 0.866. The first kappa shape index (κ1) is 11.7. The molecule has 0 fully saturated rings. The molecular formula is C14H16FNO. The monoisotopic (exact) mass is 233 g/mol. The Morgan fingerprint density at radius 2 is 1.94 bits per heavy atom. The maximum Gasteiger partial charge on any atom is 0.125 e. The van der Waals surface area contributed by atoms with Crippen molar-refractivity contribution in [2.24, 2.45) is 0 Å². The first-order valence-corrected chi connectivity index (χ1v) is 5.76. The summed E-state index contributed by atoms with van der Waals surface area (Å²) in [6.45, 7) is 4.57. The Labute approximate surface area is 100 Å². The number of hydrogen-bond donors (Lipinski definition) is 1. The van der Waals surface area contributed by atoms with Gasteiger partial charge in [0.1, 0.15) is 17.3 Å². The van der Waals surface area contributed by atoms with Gasteiger partial charge in [-0.25, -0.2) is 4.39 Å². The highest BCUT2D eigenvalue weighted by molar-refractivity contribution is 5.50. The van der Waals surface area contributed by atoms with Crippen LogP contribution < -0.4 is 5.32 Å². The number of aryl methyl sites for hydroxylation is 2. The summed E-state index contributed by atoms with van der Waals surface area (Å²) in [6, 6.07) is 8.63. The van der Waals surface area contributed by atoms with Gasteiger partial charge in [0.2, 0.25) is 0 Å². The van der Waals surface area contributed by atoms with E-state index in [1.807, 2.05) is 26.0 Å². The smallest absolute Gasteiger partial charge is 0.125 e. The third-order valence-corrected chi connectivity index (χ3v) is 2.72. The summed E-state index contributed by atoms with van der Waals surface area (Å²) in [6.07, 6.45) is 0.888. The largest absolute Gasteiger partial charge is 0.464 e. The van der Waals surface area contributed by atoms with Crippen LogP contribution in [0.2, 0.25) is 0 Å². The number of benzene rings is 1. The van der Waals surface area contributed by atoms with Gasteiger partial charge in [-0.05, 0) is 36.8 Å². The van der Waals surface area contributed by atoms with E-state index in [0.29, 0.717) is 6.54 Å². The molecule has 0 radical (unpaired) electrons. The molecule has 0 aliphatic carbocycles. The third kappa shape index (κ3) is 2.87. The Kier molecular flexibility index (Phi) is 3.47. The highest BCUT2D eigenvalue weighted by Gasteiger charge is 2.03. The minimum Gasteiger partial charge on any atom is -0.464 e. The molecule has 1 heterocycles. The Balaban J connectivity index is 2.04. The van der Waals surface area contributed by atoms with Crippen molar-refractivity contribution in [3.63, 3.8) is 0 Å². The molecule has 0 saturated carbocycles. The number of furan rings is 1. The van der Waals surface area contributed by atoms with Gasteiger partial charge in [0.25, 0.3) is 0 Å². The summed E-state index contributed by atoms with van der Waals surface area (Å²) in [4.78, 5) is 0. The summed E-state index contributed by atoms with van der Waals surface area (Å²) in [5.74, 6) is 1.61. The van der Waals surface area contributed by atoms with Crippen molar-refractivity contribution >= 4 is 5.69 Å². The Morgan fingerprint density at radius 1 is 1.18 bits per heavy atom. The molecule has 3 heteroatoms. The molecule has 0 atom stereocenters. The van der Waals surface area contributed by atoms with Crippen molar-refractivity contribution in [2.75, 3.05) is 5.32 Å². The second-order valence-corrected chi connectivity index (χ2v) is 4.03. The van der Waals surface area contributed by atoms with Crippen LogP contribution in [0.3, 0.4) is 0 Å². The van der Waals surface area contributed by atoms with Gasteiger partial charge < -0.3 is 9.73 Å². The molecule has 1 aromatic heterocycles. The first-order valence-electron chi connectivity index (χ1n) is 5.76. The van der Waals surface area contributed by atoms with Crippen LogP contribution in [0.1, 0.15) is 24.0 Å². The van der Waals surface area contributed by atoms with Crippen molar-refractivity contribution in [3.05, 3.63) is 53.2 Å². The lowest BCUT2D eigenvalue weighted by molar-refractivity contribution is 0.476. The fourth-order valence-electron chi connectivity index (χ4n) is 1.67. The minimum absolute atomic E-state index is 0.230. The van der Waals surface area contributed by atoms with Crippen LogP contribution in [0.15, 0.2) is 34.7 Å². The van der Waals surface area contributed by atoms with Gasteiger partial charge in [-0.15, -0.1) is 0 Å². The van der Waals surface area contributed by atoms with E-state index >= 15 is 0 Å². The highest BCUT2D eigenvalue weighted by Crippen LogP contribution is 2.17. The zero-order valence-electron chi connectivity index (χ0n) is 10.1. The van der Waals surface area contributed by atoms with Gasteiger partial charge in [0.15, 0.2) is 0 Å². The van der Waals surface area contributed by atoms with Gasteiger partial charge in [0, 0.05) is 12.1 Å². The molecule has 0 aliphatic rings. The summed E-state index contributed by atoms with van der Waals surface area (Å²) in [5.41, 5.74) is 1.83. The highest BCUT2D eigenvalue weighted by atomic mass is 19.1. The zero-order valence-corrected chi connectivity index (χ0v) is 10.1. The van der Waals surface area contributed by atoms with E-state index in [1.165, 1.54) is 12.1 Å². The molecule has 2 aromatic rings. The van der Waals surface area contributed by atoms with Crippen molar-refractivity contribution in [1.82, 2.24) is 0 Å². The van der Waals surface area contributed by atoms with E-state index in [1.54, 1.807) is 6.07 Å². The Morgan fingerprint density at radius 3 is 2.65 bits per heavy atom. The topological polar surface area (TPSA) is 25.2 Å². The first-order chi connectivity index (χ1) is 8.19. The van der Waals surface area contributed by atoms with Gasteiger partial charge in [-0.3, -0.25) is 0 Å². The van der Waals surface area contributed by atoms with Crippen LogP contribution in [-0.2, 0) is 13.0 Å². The van der Waals surface area contributed by atoms with Gasteiger partial charge in [-0.2, -0.15) is 0 Å². The second-order valence-electron chi connectivity index (χ2n) is 4.03. The molecule has 17 heavy (non-hydrogen) atoms. The van der Waals surface area contributed by atoms with E-state index in [4.69, 9.17) is 4.42 Å². The average Bonchev–Trinajstić information content (AvgIpc) is 2.78. The SMILES string of the molecule is CCc1ccc(CNc2cc(F)ccc2C)o1. The molecule has 0 amide bonds. The summed E-state index contributed by atoms with van der Waals surface area (Å²) < 4.78 is 18.6. The van der Waals surface area contributed by atoms with Gasteiger partial charge in [-0.1, -0.05) is 13.0 Å². The number of halogens is 1. The minimum atomic E-state index is -0.230. The molecule has 0 unspecified atom stereocenters. The molecule has 2 nitrogen and oxygen atoms in total. The van der Waals surface area contributed by atoms with Crippen LogP contribution in [0, 0.1) is 12.7 Å². The van der Waals surface area contributed by atoms with E-state index < -0.39 is 0 Å². The summed E-state index contributed by atoms with van der Waals surface area (Å²) in [5, 5.41) is 3.17. The summed E-state index contributed by atoms with van der Waals surface area (Å²) >= 11 is 0. The van der Waals surface area contributed by atoms with Gasteiger partial charge >= 0.3 is 0 Å². The lowest BCUT2D eigenvalue weighted by atomic mass is 10.2. The maximum absolute atomic E-state index is 13.1. The van der Waals surface area contributed by atoms with Crippen LogP contribution in [0.4, 0.5) is 10.1 Å². The zero-order chi connectivity index (χ0) is 12.3. The predicted molar refractivity (Wildman–Crippen MR) is 66.5 cm³/mol. The van der Waals surface area contributed by atoms with Crippen molar-refractivity contribution < 1.29 is 8.81 Å². The van der Waals surface area contributed by atoms with Crippen LogP contribution in [-0.4, -0.2) is 0 Å². The van der Waals surface area contributed by atoms with E-state index in [0.717, 1.165) is 29.2 Å². The molecular weight excluding hydrogens is 217 g/mol. The van der Waals surface area contributed by atoms with Crippen LogP contribution in [0.5, 0.6) is 0 Å². The fraction of sp³-hybridized carbons (Fsp3) is 0.286. The van der Waals surface area contributed by atoms with E-state index in [9.17, 15) is 4.39 Å². The molecule has 1 aromatic carbocycles. The number of rotatable bonds is 4. The molecule has 0 saturated heterocycles. The molecule has 0 bridgehead atoms. The maximum atomic E-state index is 13.1. The third-order valence-electron chi connectivity index (χ3n) is 2.72. The molecule has 0 spiro atoms. The van der Waals surface area contributed by atoms with Crippen molar-refractivity contribution in [3.8, 4) is 0 Å². The van der Waals surface area contributed by atoms with Crippen molar-refractivity contribution in [2.45, 2.75) is 26.8 Å². The van der Waals surface area contributed by atoms with Gasteiger partial charge in [0.05, 0.1) is 6.54 Å². The number of nitrogens with one attached hydrogen (secondary N) is 1. The molecule has 1 N–H and O–H groups in total. The van der Waals surface area contributed by atoms with Crippen LogP contribution in [0.25, 0.3) is 0 Å². The van der Waals surface area contributed by atoms with Crippen LogP contribution >= 0.6 is 0 Å². The number of anilines is 1. The number of hydrogen-bond acceptors (Lipinski definition) is 2. The lowest BCUT2D eigenvalue weighted by Gasteiger charge is -2.07. The lowest BCUT2D eigenvalue weighted by Crippen LogP contribution is -2.00. The Bertz CT molecular complexity index is 505.